The van der Waals surface area contributed by atoms with Crippen molar-refractivity contribution in [2.75, 3.05) is 26.2 Å². The molecule has 0 spiro atoms. The van der Waals surface area contributed by atoms with Crippen LogP contribution in [0.25, 0.3) is 0 Å². The Labute approximate surface area is 137 Å². The minimum absolute atomic E-state index is 0.390. The maximum atomic E-state index is 5.95. The van der Waals surface area contributed by atoms with Gasteiger partial charge in [0.1, 0.15) is 0 Å². The van der Waals surface area contributed by atoms with Gasteiger partial charge < -0.3 is 14.4 Å². The summed E-state index contributed by atoms with van der Waals surface area (Å²) in [5.41, 5.74) is 0. The molecule has 2 aliphatic rings. The Morgan fingerprint density at radius 1 is 0.955 bits per heavy atom. The van der Waals surface area contributed by atoms with Gasteiger partial charge in [-0.3, -0.25) is 0 Å². The fourth-order valence-corrected chi connectivity index (χ4v) is 4.08. The first-order valence-corrected chi connectivity index (χ1v) is 9.66. The summed E-state index contributed by atoms with van der Waals surface area (Å²) in [6.45, 7) is 11.0. The number of hydrogen-bond acceptors (Lipinski definition) is 3. The third kappa shape index (κ3) is 6.55. The van der Waals surface area contributed by atoms with Crippen LogP contribution in [0.2, 0.25) is 0 Å². The topological polar surface area (TPSA) is 21.7 Å². The van der Waals surface area contributed by atoms with Crippen LogP contribution in [0.4, 0.5) is 0 Å². The van der Waals surface area contributed by atoms with Gasteiger partial charge in [-0.05, 0) is 84.6 Å². The van der Waals surface area contributed by atoms with Crippen LogP contribution in [0, 0.1) is 5.92 Å². The molecule has 3 heteroatoms. The maximum absolute atomic E-state index is 5.95. The molecule has 1 aliphatic carbocycles. The third-order valence-corrected chi connectivity index (χ3v) is 5.28. The quantitative estimate of drug-likeness (QED) is 0.669. The van der Waals surface area contributed by atoms with Crippen LogP contribution in [0.3, 0.4) is 0 Å². The zero-order chi connectivity index (χ0) is 15.8. The molecule has 0 radical (unpaired) electrons. The SMILES string of the molecule is CCOC1CCN(CCCC2CCC(OC(C)C)CC2)CC1. The fraction of sp³-hybridized carbons (Fsp3) is 1.00. The summed E-state index contributed by atoms with van der Waals surface area (Å²) in [4.78, 5) is 2.64. The number of likely N-dealkylation sites (tertiary alicyclic amines) is 1. The number of piperidine rings is 1. The molecule has 0 aromatic carbocycles. The van der Waals surface area contributed by atoms with E-state index in [2.05, 4.69) is 25.7 Å². The van der Waals surface area contributed by atoms with Gasteiger partial charge in [-0.15, -0.1) is 0 Å². The van der Waals surface area contributed by atoms with E-state index in [4.69, 9.17) is 9.47 Å². The summed E-state index contributed by atoms with van der Waals surface area (Å²) < 4.78 is 11.7. The van der Waals surface area contributed by atoms with Crippen molar-refractivity contribution in [3.63, 3.8) is 0 Å². The van der Waals surface area contributed by atoms with Crippen LogP contribution in [0.15, 0.2) is 0 Å². The average molecular weight is 312 g/mol. The molecule has 1 saturated heterocycles. The molecule has 1 heterocycles. The van der Waals surface area contributed by atoms with Crippen molar-refractivity contribution >= 4 is 0 Å². The van der Waals surface area contributed by atoms with E-state index in [1.807, 2.05) is 0 Å². The van der Waals surface area contributed by atoms with Crippen LogP contribution >= 0.6 is 0 Å². The smallest absolute Gasteiger partial charge is 0.0599 e. The van der Waals surface area contributed by atoms with E-state index in [1.165, 1.54) is 71.0 Å². The van der Waals surface area contributed by atoms with Gasteiger partial charge in [0.15, 0.2) is 0 Å². The van der Waals surface area contributed by atoms with E-state index in [0.717, 1.165) is 12.5 Å². The Morgan fingerprint density at radius 2 is 1.64 bits per heavy atom. The molecule has 2 fully saturated rings. The Morgan fingerprint density at radius 3 is 2.23 bits per heavy atom. The Bertz CT molecular complexity index is 279. The van der Waals surface area contributed by atoms with E-state index >= 15 is 0 Å². The molecule has 0 amide bonds. The van der Waals surface area contributed by atoms with Gasteiger partial charge >= 0.3 is 0 Å². The summed E-state index contributed by atoms with van der Waals surface area (Å²) in [5.74, 6) is 0.952. The highest BCUT2D eigenvalue weighted by atomic mass is 16.5. The lowest BCUT2D eigenvalue weighted by Gasteiger charge is -2.33. The molecule has 1 aliphatic heterocycles. The molecule has 0 bridgehead atoms. The van der Waals surface area contributed by atoms with Gasteiger partial charge in [0.05, 0.1) is 18.3 Å². The van der Waals surface area contributed by atoms with Gasteiger partial charge in [-0.25, -0.2) is 0 Å². The fourth-order valence-electron chi connectivity index (χ4n) is 4.08. The minimum Gasteiger partial charge on any atom is -0.378 e. The van der Waals surface area contributed by atoms with Gasteiger partial charge in [0.2, 0.25) is 0 Å². The number of nitrogens with zero attached hydrogens (tertiary/aromatic N) is 1. The van der Waals surface area contributed by atoms with E-state index in [-0.39, 0.29) is 0 Å². The summed E-state index contributed by atoms with van der Waals surface area (Å²) in [6, 6.07) is 0. The van der Waals surface area contributed by atoms with Crippen molar-refractivity contribution in [2.45, 2.75) is 90.4 Å². The number of hydrogen-bond donors (Lipinski definition) is 0. The standard InChI is InChI=1S/C19H37NO2/c1-4-21-18-11-14-20(15-12-18)13-5-6-17-7-9-19(10-8-17)22-16(2)3/h16-19H,4-15H2,1-3H3. The van der Waals surface area contributed by atoms with Gasteiger partial charge in [-0.1, -0.05) is 0 Å². The minimum atomic E-state index is 0.390. The first-order chi connectivity index (χ1) is 10.7. The number of ether oxygens (including phenoxy) is 2. The zero-order valence-electron chi connectivity index (χ0n) is 15.1. The molecule has 0 aromatic heterocycles. The summed E-state index contributed by atoms with van der Waals surface area (Å²) in [7, 11) is 0. The maximum Gasteiger partial charge on any atom is 0.0599 e. The summed E-state index contributed by atoms with van der Waals surface area (Å²) >= 11 is 0. The predicted molar refractivity (Wildman–Crippen MR) is 92.3 cm³/mol. The molecule has 1 saturated carbocycles. The van der Waals surface area contributed by atoms with Crippen molar-refractivity contribution in [1.29, 1.82) is 0 Å². The largest absolute Gasteiger partial charge is 0.378 e. The highest BCUT2D eigenvalue weighted by Gasteiger charge is 2.23. The Balaban J connectivity index is 1.51. The second kappa shape index (κ2) is 9.89. The van der Waals surface area contributed by atoms with Gasteiger partial charge in [-0.2, -0.15) is 0 Å². The van der Waals surface area contributed by atoms with Crippen LogP contribution in [-0.4, -0.2) is 49.5 Å². The molecule has 22 heavy (non-hydrogen) atoms. The normalized spacial score (nSPS) is 28.4. The van der Waals surface area contributed by atoms with E-state index in [9.17, 15) is 0 Å². The van der Waals surface area contributed by atoms with Crippen LogP contribution in [-0.2, 0) is 9.47 Å². The van der Waals surface area contributed by atoms with Crippen LogP contribution < -0.4 is 0 Å². The van der Waals surface area contributed by atoms with Crippen molar-refractivity contribution < 1.29 is 9.47 Å². The Kier molecular flexibility index (Phi) is 8.19. The second-order valence-electron chi connectivity index (χ2n) is 7.47. The van der Waals surface area contributed by atoms with Gasteiger partial charge in [0.25, 0.3) is 0 Å². The van der Waals surface area contributed by atoms with Crippen LogP contribution in [0.5, 0.6) is 0 Å². The van der Waals surface area contributed by atoms with Crippen molar-refractivity contribution in [2.24, 2.45) is 5.92 Å². The molecule has 3 nitrogen and oxygen atoms in total. The zero-order valence-corrected chi connectivity index (χ0v) is 15.1. The van der Waals surface area contributed by atoms with Crippen molar-refractivity contribution in [3.05, 3.63) is 0 Å². The average Bonchev–Trinajstić information content (AvgIpc) is 2.50. The third-order valence-electron chi connectivity index (χ3n) is 5.28. The highest BCUT2D eigenvalue weighted by molar-refractivity contribution is 4.76. The molecule has 0 atom stereocenters. The van der Waals surface area contributed by atoms with Crippen LogP contribution in [0.1, 0.15) is 72.1 Å². The van der Waals surface area contributed by atoms with E-state index in [1.54, 1.807) is 0 Å². The number of rotatable bonds is 8. The van der Waals surface area contributed by atoms with E-state index in [0.29, 0.717) is 18.3 Å². The molecular formula is C19H37NO2. The monoisotopic (exact) mass is 311 g/mol. The molecule has 0 N–H and O–H groups in total. The summed E-state index contributed by atoms with van der Waals surface area (Å²) in [6.07, 6.45) is 12.0. The lowest BCUT2D eigenvalue weighted by Crippen LogP contribution is -2.37. The highest BCUT2D eigenvalue weighted by Crippen LogP contribution is 2.30. The van der Waals surface area contributed by atoms with Gasteiger partial charge in [0, 0.05) is 19.7 Å². The molecule has 0 aromatic rings. The lowest BCUT2D eigenvalue weighted by atomic mass is 9.84. The second-order valence-corrected chi connectivity index (χ2v) is 7.47. The molecule has 130 valence electrons. The molecule has 0 unspecified atom stereocenters. The first-order valence-electron chi connectivity index (χ1n) is 9.66. The Hall–Kier alpha value is -0.120. The summed E-state index contributed by atoms with van der Waals surface area (Å²) in [5, 5.41) is 0. The van der Waals surface area contributed by atoms with Crippen molar-refractivity contribution in [3.8, 4) is 0 Å². The molecule has 2 rings (SSSR count). The van der Waals surface area contributed by atoms with E-state index < -0.39 is 0 Å². The first kappa shape index (κ1) is 18.2. The lowest BCUT2D eigenvalue weighted by molar-refractivity contribution is -0.0206. The molecular weight excluding hydrogens is 274 g/mol. The predicted octanol–water partition coefficient (Wildman–Crippen LogP) is 4.25. The van der Waals surface area contributed by atoms with Crippen molar-refractivity contribution in [1.82, 2.24) is 4.90 Å².